The van der Waals surface area contributed by atoms with E-state index in [0.29, 0.717) is 17.8 Å². The molecule has 1 unspecified atom stereocenters. The summed E-state index contributed by atoms with van der Waals surface area (Å²) in [5.74, 6) is 1.70. The molecule has 1 aromatic heterocycles. The van der Waals surface area contributed by atoms with E-state index in [2.05, 4.69) is 33.9 Å². The van der Waals surface area contributed by atoms with E-state index < -0.39 is 0 Å². The van der Waals surface area contributed by atoms with Gasteiger partial charge in [-0.2, -0.15) is 0 Å². The third-order valence-corrected chi connectivity index (χ3v) is 4.44. The summed E-state index contributed by atoms with van der Waals surface area (Å²) in [5, 5.41) is 7.00. The van der Waals surface area contributed by atoms with E-state index in [1.54, 1.807) is 0 Å². The van der Waals surface area contributed by atoms with Crippen LogP contribution in [0.4, 0.5) is 0 Å². The average molecular weight is 277 g/mol. The van der Waals surface area contributed by atoms with Gasteiger partial charge < -0.3 is 4.90 Å². The van der Waals surface area contributed by atoms with Crippen LogP contribution in [0.2, 0.25) is 0 Å². The Morgan fingerprint density at radius 2 is 2.10 bits per heavy atom. The molecule has 20 heavy (non-hydrogen) atoms. The number of aromatic nitrogens is 3. The Balaban J connectivity index is 1.62. The molecule has 6 heteroatoms. The van der Waals surface area contributed by atoms with Crippen LogP contribution < -0.4 is 0 Å². The second-order valence-electron chi connectivity index (χ2n) is 5.73. The Labute approximate surface area is 119 Å². The summed E-state index contributed by atoms with van der Waals surface area (Å²) in [6.07, 6.45) is 3.38. The van der Waals surface area contributed by atoms with Gasteiger partial charge in [-0.3, -0.25) is 14.8 Å². The van der Waals surface area contributed by atoms with Crippen LogP contribution >= 0.6 is 0 Å². The van der Waals surface area contributed by atoms with Gasteiger partial charge >= 0.3 is 0 Å². The van der Waals surface area contributed by atoms with Crippen LogP contribution in [-0.4, -0.2) is 63.1 Å². The molecule has 1 atom stereocenters. The Morgan fingerprint density at radius 1 is 1.35 bits per heavy atom. The third kappa shape index (κ3) is 2.57. The highest BCUT2D eigenvalue weighted by atomic mass is 16.2. The van der Waals surface area contributed by atoms with Gasteiger partial charge in [-0.1, -0.05) is 13.8 Å². The van der Waals surface area contributed by atoms with Crippen LogP contribution in [0, 0.1) is 0 Å². The lowest BCUT2D eigenvalue weighted by Gasteiger charge is -2.25. The molecule has 6 nitrogen and oxygen atoms in total. The fraction of sp³-hybridized carbons (Fsp3) is 0.786. The number of hydrogen-bond acceptors (Lipinski definition) is 4. The number of likely N-dealkylation sites (N-methyl/N-ethyl adjacent to an activating group) is 1. The molecule has 110 valence electrons. The lowest BCUT2D eigenvalue weighted by atomic mass is 10.2. The lowest BCUT2D eigenvalue weighted by Crippen LogP contribution is -2.38. The highest BCUT2D eigenvalue weighted by Crippen LogP contribution is 2.37. The predicted molar refractivity (Wildman–Crippen MR) is 75.6 cm³/mol. The third-order valence-electron chi connectivity index (χ3n) is 4.44. The van der Waals surface area contributed by atoms with E-state index in [4.69, 9.17) is 0 Å². The maximum absolute atomic E-state index is 12.4. The summed E-state index contributed by atoms with van der Waals surface area (Å²) < 4.78 is 0. The zero-order valence-electron chi connectivity index (χ0n) is 12.3. The van der Waals surface area contributed by atoms with Gasteiger partial charge in [0.05, 0.1) is 0 Å². The average Bonchev–Trinajstić information content (AvgIpc) is 3.02. The SMILES string of the molecule is CCN(CC)C1CCN(C(=O)c2n[nH]c(C3CC3)n2)C1. The summed E-state index contributed by atoms with van der Waals surface area (Å²) in [5.41, 5.74) is 0. The highest BCUT2D eigenvalue weighted by molar-refractivity contribution is 5.90. The number of carbonyl (C=O) groups is 1. The van der Waals surface area contributed by atoms with E-state index in [9.17, 15) is 4.79 Å². The van der Waals surface area contributed by atoms with Gasteiger partial charge in [0.1, 0.15) is 5.82 Å². The van der Waals surface area contributed by atoms with E-state index in [1.807, 2.05) is 4.90 Å². The maximum Gasteiger partial charge on any atom is 0.293 e. The molecule has 0 radical (unpaired) electrons. The van der Waals surface area contributed by atoms with Gasteiger partial charge in [-0.25, -0.2) is 4.98 Å². The zero-order valence-corrected chi connectivity index (χ0v) is 12.3. The number of amides is 1. The molecule has 0 bridgehead atoms. The van der Waals surface area contributed by atoms with Crippen molar-refractivity contribution in [3.05, 3.63) is 11.6 Å². The van der Waals surface area contributed by atoms with Gasteiger partial charge in [0.15, 0.2) is 0 Å². The van der Waals surface area contributed by atoms with Crippen molar-refractivity contribution in [3.8, 4) is 0 Å². The van der Waals surface area contributed by atoms with Crippen LogP contribution in [0.25, 0.3) is 0 Å². The molecular weight excluding hydrogens is 254 g/mol. The van der Waals surface area contributed by atoms with Crippen LogP contribution in [0.5, 0.6) is 0 Å². The summed E-state index contributed by atoms with van der Waals surface area (Å²) in [4.78, 5) is 21.1. The van der Waals surface area contributed by atoms with Crippen molar-refractivity contribution in [1.82, 2.24) is 25.0 Å². The fourth-order valence-electron chi connectivity index (χ4n) is 3.02. The van der Waals surface area contributed by atoms with Gasteiger partial charge in [-0.05, 0) is 32.4 Å². The van der Waals surface area contributed by atoms with E-state index in [1.165, 1.54) is 0 Å². The molecule has 1 aliphatic heterocycles. The molecule has 1 amide bonds. The summed E-state index contributed by atoms with van der Waals surface area (Å²) in [7, 11) is 0. The number of H-pyrrole nitrogens is 1. The number of likely N-dealkylation sites (tertiary alicyclic amines) is 1. The van der Waals surface area contributed by atoms with Crippen molar-refractivity contribution < 1.29 is 4.79 Å². The lowest BCUT2D eigenvalue weighted by molar-refractivity contribution is 0.0766. The minimum absolute atomic E-state index is 0.0252. The van der Waals surface area contributed by atoms with E-state index in [-0.39, 0.29) is 5.91 Å². The molecule has 0 aromatic carbocycles. The first-order valence-corrected chi connectivity index (χ1v) is 7.68. The summed E-state index contributed by atoms with van der Waals surface area (Å²) in [6.45, 7) is 8.03. The Hall–Kier alpha value is -1.43. The number of hydrogen-bond donors (Lipinski definition) is 1. The van der Waals surface area contributed by atoms with Crippen molar-refractivity contribution >= 4 is 5.91 Å². The van der Waals surface area contributed by atoms with Crippen LogP contribution in [-0.2, 0) is 0 Å². The quantitative estimate of drug-likeness (QED) is 0.879. The predicted octanol–water partition coefficient (Wildman–Crippen LogP) is 1.24. The summed E-state index contributed by atoms with van der Waals surface area (Å²) in [6, 6.07) is 0.482. The van der Waals surface area contributed by atoms with Gasteiger partial charge in [0.2, 0.25) is 5.82 Å². The first kappa shape index (κ1) is 13.5. The Morgan fingerprint density at radius 3 is 2.75 bits per heavy atom. The van der Waals surface area contributed by atoms with Crippen molar-refractivity contribution in [2.75, 3.05) is 26.2 Å². The second-order valence-corrected chi connectivity index (χ2v) is 5.73. The molecule has 1 saturated carbocycles. The number of rotatable bonds is 5. The molecular formula is C14H23N5O. The van der Waals surface area contributed by atoms with Crippen LogP contribution in [0.1, 0.15) is 55.5 Å². The standard InChI is InChI=1S/C14H23N5O/c1-3-18(4-2)11-7-8-19(9-11)14(20)13-15-12(16-17-13)10-5-6-10/h10-11H,3-9H2,1-2H3,(H,15,16,17). The molecule has 1 aliphatic carbocycles. The zero-order chi connectivity index (χ0) is 14.1. The number of carbonyl (C=O) groups excluding carboxylic acids is 1. The molecule has 3 rings (SSSR count). The van der Waals surface area contributed by atoms with Crippen LogP contribution in [0.15, 0.2) is 0 Å². The normalized spacial score (nSPS) is 22.8. The first-order chi connectivity index (χ1) is 9.72. The number of aromatic amines is 1. The smallest absolute Gasteiger partial charge is 0.293 e. The van der Waals surface area contributed by atoms with E-state index >= 15 is 0 Å². The van der Waals surface area contributed by atoms with Gasteiger partial charge in [0.25, 0.3) is 5.91 Å². The molecule has 1 N–H and O–H groups in total. The van der Waals surface area contributed by atoms with Gasteiger partial charge in [-0.15, -0.1) is 5.10 Å². The minimum Gasteiger partial charge on any atom is -0.334 e. The first-order valence-electron chi connectivity index (χ1n) is 7.68. The van der Waals surface area contributed by atoms with Crippen molar-refractivity contribution in [3.63, 3.8) is 0 Å². The molecule has 1 saturated heterocycles. The fourth-order valence-corrected chi connectivity index (χ4v) is 3.02. The molecule has 2 aliphatic rings. The van der Waals surface area contributed by atoms with Gasteiger partial charge in [0, 0.05) is 25.0 Å². The minimum atomic E-state index is -0.0252. The maximum atomic E-state index is 12.4. The van der Waals surface area contributed by atoms with Crippen LogP contribution in [0.3, 0.4) is 0 Å². The Bertz CT molecular complexity index is 478. The highest BCUT2D eigenvalue weighted by Gasteiger charge is 2.33. The van der Waals surface area contributed by atoms with Crippen molar-refractivity contribution in [1.29, 1.82) is 0 Å². The van der Waals surface area contributed by atoms with E-state index in [0.717, 1.165) is 51.3 Å². The van der Waals surface area contributed by atoms with Crippen molar-refractivity contribution in [2.24, 2.45) is 0 Å². The molecule has 2 heterocycles. The number of nitrogens with zero attached hydrogens (tertiary/aromatic N) is 4. The monoisotopic (exact) mass is 277 g/mol. The largest absolute Gasteiger partial charge is 0.334 e. The molecule has 1 aromatic rings. The molecule has 0 spiro atoms. The van der Waals surface area contributed by atoms with Crippen molar-refractivity contribution in [2.45, 2.75) is 45.1 Å². The number of nitrogens with one attached hydrogen (secondary N) is 1. The summed E-state index contributed by atoms with van der Waals surface area (Å²) >= 11 is 0. The Kier molecular flexibility index (Phi) is 3.74. The second kappa shape index (κ2) is 5.52. The molecule has 2 fully saturated rings. The topological polar surface area (TPSA) is 65.1 Å².